The Bertz CT molecular complexity index is 1260. The maximum absolute atomic E-state index is 12.2. The first kappa shape index (κ1) is 22.5. The number of hydrogen-bond donors (Lipinski definition) is 2. The predicted molar refractivity (Wildman–Crippen MR) is 125 cm³/mol. The van der Waals surface area contributed by atoms with Crippen LogP contribution in [0.2, 0.25) is 0 Å². The third-order valence-corrected chi connectivity index (χ3v) is 6.37. The number of aliphatic hydroxyl groups is 1. The molecule has 2 N–H and O–H groups in total. The number of carbonyl (C=O) groups is 1. The highest BCUT2D eigenvalue weighted by Gasteiger charge is 2.32. The second kappa shape index (κ2) is 8.48. The van der Waals surface area contributed by atoms with E-state index in [1.54, 1.807) is 38.6 Å². The monoisotopic (exact) mass is 464 g/mol. The van der Waals surface area contributed by atoms with Gasteiger partial charge in [0.2, 0.25) is 5.88 Å². The third kappa shape index (κ3) is 4.17. The fourth-order valence-electron chi connectivity index (χ4n) is 4.16. The summed E-state index contributed by atoms with van der Waals surface area (Å²) in [4.78, 5) is 25.9. The molecule has 3 atom stereocenters. The summed E-state index contributed by atoms with van der Waals surface area (Å²) in [5.74, 6) is 1.22. The molecule has 9 nitrogen and oxygen atoms in total. The number of nitrogens with one attached hydrogen (secondary N) is 1. The van der Waals surface area contributed by atoms with Crippen molar-refractivity contribution in [1.82, 2.24) is 15.0 Å². The number of methoxy groups -OCH3 is 1. The van der Waals surface area contributed by atoms with Crippen molar-refractivity contribution in [3.8, 4) is 5.88 Å². The van der Waals surface area contributed by atoms with Gasteiger partial charge in [0, 0.05) is 31.0 Å². The molecule has 9 heteroatoms. The van der Waals surface area contributed by atoms with Crippen molar-refractivity contribution >= 4 is 28.4 Å². The van der Waals surface area contributed by atoms with Gasteiger partial charge in [-0.05, 0) is 50.3 Å². The van der Waals surface area contributed by atoms with Crippen molar-refractivity contribution in [3.63, 3.8) is 0 Å². The van der Waals surface area contributed by atoms with E-state index in [0.717, 1.165) is 23.6 Å². The molecule has 2 aliphatic rings. The summed E-state index contributed by atoms with van der Waals surface area (Å²) in [7, 11) is 1.54. The van der Waals surface area contributed by atoms with Gasteiger partial charge in [0.15, 0.2) is 0 Å². The Morgan fingerprint density at radius 3 is 2.71 bits per heavy atom. The Morgan fingerprint density at radius 1 is 1.18 bits per heavy atom. The highest BCUT2D eigenvalue weighted by Crippen LogP contribution is 2.37. The standard InChI is InChI=1S/C25H28N4O5/c1-13-14(2)33-24(30)16-7-8-20(29-22(13)16)28-21-9-17-18(10-26-21)23(34-15-5-6-15)27-11-19(17)25(3,31)12-32-4/h7-11,13-15,31H,5-6,12H2,1-4H3,(H,26,28,29)/t13-,14-,25?/m0/s1. The van der Waals surface area contributed by atoms with Crippen molar-refractivity contribution in [2.75, 3.05) is 19.0 Å². The molecule has 3 aromatic rings. The fourth-order valence-corrected chi connectivity index (χ4v) is 4.16. The minimum atomic E-state index is -1.26. The number of pyridine rings is 3. The Hall–Kier alpha value is -3.30. The van der Waals surface area contributed by atoms with E-state index in [1.165, 1.54) is 0 Å². The number of nitrogens with zero attached hydrogens (tertiary/aromatic N) is 3. The number of fused-ring (bicyclic) bond motifs is 2. The van der Waals surface area contributed by atoms with Crippen molar-refractivity contribution in [2.24, 2.45) is 0 Å². The molecule has 0 saturated heterocycles. The second-order valence-electron chi connectivity index (χ2n) is 9.27. The van der Waals surface area contributed by atoms with Gasteiger partial charge in [0.1, 0.15) is 29.4 Å². The Balaban J connectivity index is 1.54. The van der Waals surface area contributed by atoms with Crippen LogP contribution < -0.4 is 10.1 Å². The number of ether oxygens (including phenoxy) is 3. The zero-order chi connectivity index (χ0) is 24.0. The molecular formula is C25H28N4O5. The normalized spacial score (nSPS) is 21.5. The number of carbonyl (C=O) groups excluding carboxylic acids is 1. The molecule has 5 rings (SSSR count). The lowest BCUT2D eigenvalue weighted by Gasteiger charge is -2.27. The lowest BCUT2D eigenvalue weighted by atomic mass is 9.94. The van der Waals surface area contributed by atoms with Gasteiger partial charge in [-0.2, -0.15) is 0 Å². The van der Waals surface area contributed by atoms with Crippen molar-refractivity contribution < 1.29 is 24.1 Å². The van der Waals surface area contributed by atoms with Crippen LogP contribution in [-0.4, -0.2) is 52.0 Å². The number of rotatable bonds is 7. The maximum atomic E-state index is 12.2. The van der Waals surface area contributed by atoms with Gasteiger partial charge < -0.3 is 24.6 Å². The maximum Gasteiger partial charge on any atom is 0.340 e. The van der Waals surface area contributed by atoms with Crippen LogP contribution in [0.4, 0.5) is 11.6 Å². The zero-order valence-electron chi connectivity index (χ0n) is 19.7. The second-order valence-corrected chi connectivity index (χ2v) is 9.27. The zero-order valence-corrected chi connectivity index (χ0v) is 19.7. The van der Waals surface area contributed by atoms with E-state index in [4.69, 9.17) is 14.2 Å². The minimum absolute atomic E-state index is 0.0250. The summed E-state index contributed by atoms with van der Waals surface area (Å²) < 4.78 is 16.6. The average Bonchev–Trinajstić information content (AvgIpc) is 3.61. The number of cyclic esters (lactones) is 1. The quantitative estimate of drug-likeness (QED) is 0.503. The van der Waals surface area contributed by atoms with Gasteiger partial charge in [0.05, 0.1) is 23.3 Å². The van der Waals surface area contributed by atoms with Crippen LogP contribution in [0.3, 0.4) is 0 Å². The van der Waals surface area contributed by atoms with Crippen molar-refractivity contribution in [1.29, 1.82) is 0 Å². The lowest BCUT2D eigenvalue weighted by Crippen LogP contribution is -2.29. The molecule has 1 unspecified atom stereocenters. The lowest BCUT2D eigenvalue weighted by molar-refractivity contribution is -0.0199. The van der Waals surface area contributed by atoms with Crippen molar-refractivity contribution in [2.45, 2.75) is 57.3 Å². The molecule has 0 bridgehead atoms. The van der Waals surface area contributed by atoms with Crippen LogP contribution >= 0.6 is 0 Å². The summed E-state index contributed by atoms with van der Waals surface area (Å²) in [6, 6.07) is 5.29. The Labute approximate surface area is 197 Å². The van der Waals surface area contributed by atoms with Crippen LogP contribution in [0.15, 0.2) is 30.6 Å². The smallest absolute Gasteiger partial charge is 0.340 e. The van der Waals surface area contributed by atoms with Crippen LogP contribution in [-0.2, 0) is 15.1 Å². The van der Waals surface area contributed by atoms with E-state index in [0.29, 0.717) is 34.3 Å². The van der Waals surface area contributed by atoms with E-state index in [2.05, 4.69) is 20.3 Å². The van der Waals surface area contributed by atoms with E-state index in [1.807, 2.05) is 19.9 Å². The predicted octanol–water partition coefficient (Wildman–Crippen LogP) is 3.83. The Kier molecular flexibility index (Phi) is 5.61. The number of aromatic nitrogens is 3. The minimum Gasteiger partial charge on any atom is -0.474 e. The van der Waals surface area contributed by atoms with E-state index < -0.39 is 5.60 Å². The van der Waals surface area contributed by atoms with Crippen molar-refractivity contribution in [3.05, 3.63) is 47.4 Å². The van der Waals surface area contributed by atoms with Crippen LogP contribution in [0, 0.1) is 0 Å². The average molecular weight is 465 g/mol. The summed E-state index contributed by atoms with van der Waals surface area (Å²) in [6.07, 6.45) is 5.27. The SMILES string of the molecule is COCC(C)(O)c1cnc(OC2CC2)c2cnc(Nc3ccc4c(n3)[C@@H](C)[C@H](C)OC4=O)cc12. The molecular weight excluding hydrogens is 436 g/mol. The molecule has 3 aromatic heterocycles. The molecule has 1 aliphatic heterocycles. The molecule has 1 saturated carbocycles. The largest absolute Gasteiger partial charge is 0.474 e. The van der Waals surface area contributed by atoms with Crippen LogP contribution in [0.1, 0.15) is 61.1 Å². The third-order valence-electron chi connectivity index (χ3n) is 6.37. The number of esters is 1. The molecule has 34 heavy (non-hydrogen) atoms. The van der Waals surface area contributed by atoms with Gasteiger partial charge in [-0.15, -0.1) is 0 Å². The molecule has 1 fully saturated rings. The van der Waals surface area contributed by atoms with E-state index in [9.17, 15) is 9.90 Å². The number of hydrogen-bond acceptors (Lipinski definition) is 9. The molecule has 178 valence electrons. The fraction of sp³-hybridized carbons (Fsp3) is 0.440. The van der Waals surface area contributed by atoms with Gasteiger partial charge >= 0.3 is 5.97 Å². The first-order valence-corrected chi connectivity index (χ1v) is 11.4. The molecule has 0 amide bonds. The molecule has 1 aliphatic carbocycles. The van der Waals surface area contributed by atoms with Crippen LogP contribution in [0.25, 0.3) is 10.8 Å². The Morgan fingerprint density at radius 2 is 1.97 bits per heavy atom. The highest BCUT2D eigenvalue weighted by molar-refractivity contribution is 5.93. The van der Waals surface area contributed by atoms with E-state index in [-0.39, 0.29) is 30.7 Å². The summed E-state index contributed by atoms with van der Waals surface area (Å²) >= 11 is 0. The van der Waals surface area contributed by atoms with Gasteiger partial charge in [0.25, 0.3) is 0 Å². The van der Waals surface area contributed by atoms with E-state index >= 15 is 0 Å². The molecule has 0 spiro atoms. The molecule has 0 aromatic carbocycles. The summed E-state index contributed by atoms with van der Waals surface area (Å²) in [5, 5.41) is 15.8. The topological polar surface area (TPSA) is 116 Å². The first-order valence-electron chi connectivity index (χ1n) is 11.4. The molecule has 0 radical (unpaired) electrons. The van der Waals surface area contributed by atoms with Crippen LogP contribution in [0.5, 0.6) is 5.88 Å². The number of anilines is 2. The molecule has 4 heterocycles. The first-order chi connectivity index (χ1) is 16.3. The summed E-state index contributed by atoms with van der Waals surface area (Å²) in [5.41, 5.74) is 0.532. The highest BCUT2D eigenvalue weighted by atomic mass is 16.5. The summed E-state index contributed by atoms with van der Waals surface area (Å²) in [6.45, 7) is 5.64. The van der Waals surface area contributed by atoms with Gasteiger partial charge in [-0.3, -0.25) is 0 Å². The van der Waals surface area contributed by atoms with Gasteiger partial charge in [-0.25, -0.2) is 19.7 Å². The van der Waals surface area contributed by atoms with Gasteiger partial charge in [-0.1, -0.05) is 6.92 Å².